The topological polar surface area (TPSA) is 29.1 Å². The lowest BCUT2D eigenvalue weighted by Gasteiger charge is -2.36. The molecule has 0 amide bonds. The summed E-state index contributed by atoms with van der Waals surface area (Å²) in [6, 6.07) is 4.42. The maximum Gasteiger partial charge on any atom is 0.169 e. The smallest absolute Gasteiger partial charge is 0.169 e. The zero-order valence-corrected chi connectivity index (χ0v) is 11.9. The summed E-state index contributed by atoms with van der Waals surface area (Å²) >= 11 is 0. The Morgan fingerprint density at radius 2 is 2.16 bits per heavy atom. The highest BCUT2D eigenvalue weighted by Gasteiger charge is 2.38. The first-order chi connectivity index (χ1) is 8.93. The van der Waals surface area contributed by atoms with Gasteiger partial charge < -0.3 is 5.32 Å². The predicted octanol–water partition coefficient (Wildman–Crippen LogP) is 3.34. The minimum absolute atomic E-state index is 0.124. The van der Waals surface area contributed by atoms with Crippen molar-refractivity contribution >= 4 is 5.78 Å². The lowest BCUT2D eigenvalue weighted by molar-refractivity contribution is 0.0707. The molecule has 1 aromatic rings. The van der Waals surface area contributed by atoms with Gasteiger partial charge in [0, 0.05) is 11.0 Å². The summed E-state index contributed by atoms with van der Waals surface area (Å²) in [7, 11) is 0. The van der Waals surface area contributed by atoms with Gasteiger partial charge >= 0.3 is 0 Å². The highest BCUT2D eigenvalue weighted by Crippen LogP contribution is 2.35. The largest absolute Gasteiger partial charge is 0.316 e. The maximum absolute atomic E-state index is 13.1. The molecule has 0 aromatic heterocycles. The quantitative estimate of drug-likeness (QED) is 0.847. The van der Waals surface area contributed by atoms with Gasteiger partial charge in [0.15, 0.2) is 5.78 Å². The molecule has 1 aromatic carbocycles. The van der Waals surface area contributed by atoms with E-state index in [0.717, 1.165) is 31.5 Å². The lowest BCUT2D eigenvalue weighted by Crippen LogP contribution is -2.42. The summed E-state index contributed by atoms with van der Waals surface area (Å²) in [5.74, 6) is 0.183. The van der Waals surface area contributed by atoms with E-state index in [0.29, 0.717) is 11.5 Å². The zero-order valence-electron chi connectivity index (χ0n) is 11.9. The third-order valence-corrected chi connectivity index (χ3v) is 4.34. The maximum atomic E-state index is 13.1. The Morgan fingerprint density at radius 3 is 2.74 bits per heavy atom. The molecule has 1 unspecified atom stereocenters. The summed E-state index contributed by atoms with van der Waals surface area (Å²) in [5, 5.41) is 3.36. The molecule has 1 aliphatic heterocycles. The molecule has 0 saturated carbocycles. The molecule has 1 N–H and O–H groups in total. The van der Waals surface area contributed by atoms with Gasteiger partial charge in [0.05, 0.1) is 0 Å². The van der Waals surface area contributed by atoms with Gasteiger partial charge in [-0.2, -0.15) is 0 Å². The molecule has 1 atom stereocenters. The first-order valence-corrected chi connectivity index (χ1v) is 6.94. The second-order valence-electron chi connectivity index (χ2n) is 6.05. The molecule has 0 spiro atoms. The fourth-order valence-electron chi connectivity index (χ4n) is 2.88. The first kappa shape index (κ1) is 14.2. The van der Waals surface area contributed by atoms with Gasteiger partial charge in [-0.05, 0) is 62.5 Å². The summed E-state index contributed by atoms with van der Waals surface area (Å²) in [4.78, 5) is 12.7. The number of hydrogen-bond donors (Lipinski definition) is 1. The van der Waals surface area contributed by atoms with Crippen LogP contribution in [-0.2, 0) is 0 Å². The van der Waals surface area contributed by atoms with Crippen LogP contribution in [0.2, 0.25) is 0 Å². The Hall–Kier alpha value is -1.22. The number of rotatable bonds is 3. The average Bonchev–Trinajstić information content (AvgIpc) is 2.39. The monoisotopic (exact) mass is 263 g/mol. The van der Waals surface area contributed by atoms with E-state index in [4.69, 9.17) is 0 Å². The number of piperidine rings is 1. The average molecular weight is 263 g/mol. The molecule has 2 nitrogen and oxygen atoms in total. The van der Waals surface area contributed by atoms with Crippen LogP contribution in [0.1, 0.15) is 42.6 Å². The van der Waals surface area contributed by atoms with Crippen LogP contribution in [0.3, 0.4) is 0 Å². The third-order valence-electron chi connectivity index (χ3n) is 4.34. The molecule has 1 heterocycles. The minimum atomic E-state index is -0.407. The van der Waals surface area contributed by atoms with Crippen LogP contribution in [-0.4, -0.2) is 18.9 Å². The molecule has 104 valence electrons. The van der Waals surface area contributed by atoms with Gasteiger partial charge in [0.25, 0.3) is 0 Å². The van der Waals surface area contributed by atoms with Crippen LogP contribution < -0.4 is 5.32 Å². The molecule has 1 saturated heterocycles. The van der Waals surface area contributed by atoms with Gasteiger partial charge in [-0.3, -0.25) is 4.79 Å². The summed E-state index contributed by atoms with van der Waals surface area (Å²) in [6.45, 7) is 7.74. The van der Waals surface area contributed by atoms with Crippen molar-refractivity contribution in [2.24, 2.45) is 11.3 Å². The highest BCUT2D eigenvalue weighted by atomic mass is 19.1. The minimum Gasteiger partial charge on any atom is -0.316 e. The fourth-order valence-corrected chi connectivity index (χ4v) is 2.88. The van der Waals surface area contributed by atoms with E-state index in [1.165, 1.54) is 12.1 Å². The van der Waals surface area contributed by atoms with E-state index in [1.54, 1.807) is 13.0 Å². The number of halogens is 1. The molecule has 3 heteroatoms. The van der Waals surface area contributed by atoms with Gasteiger partial charge in [-0.25, -0.2) is 4.39 Å². The SMILES string of the molecule is Cc1cc(F)ccc1C(=O)C(C)(C)C1CCCNC1. The van der Waals surface area contributed by atoms with E-state index in [2.05, 4.69) is 5.32 Å². The second kappa shape index (κ2) is 5.41. The van der Waals surface area contributed by atoms with Crippen LogP contribution in [0.5, 0.6) is 0 Å². The lowest BCUT2D eigenvalue weighted by atomic mass is 9.70. The number of ketones is 1. The van der Waals surface area contributed by atoms with Crippen molar-refractivity contribution in [2.75, 3.05) is 13.1 Å². The molecular formula is C16H22FNO. The zero-order chi connectivity index (χ0) is 14.0. The van der Waals surface area contributed by atoms with E-state index in [-0.39, 0.29) is 11.6 Å². The number of carbonyl (C=O) groups is 1. The molecule has 1 fully saturated rings. The number of Topliss-reactive ketones (excluding diaryl/α,β-unsaturated/α-hetero) is 1. The second-order valence-corrected chi connectivity index (χ2v) is 6.05. The predicted molar refractivity (Wildman–Crippen MR) is 74.8 cm³/mol. The number of aryl methyl sites for hydroxylation is 1. The Balaban J connectivity index is 2.26. The van der Waals surface area contributed by atoms with Crippen molar-refractivity contribution in [3.63, 3.8) is 0 Å². The van der Waals surface area contributed by atoms with Crippen molar-refractivity contribution in [1.82, 2.24) is 5.32 Å². The van der Waals surface area contributed by atoms with E-state index < -0.39 is 5.41 Å². The van der Waals surface area contributed by atoms with Crippen molar-refractivity contribution in [1.29, 1.82) is 0 Å². The summed E-state index contributed by atoms with van der Waals surface area (Å²) in [6.07, 6.45) is 2.19. The van der Waals surface area contributed by atoms with Crippen LogP contribution in [0.15, 0.2) is 18.2 Å². The van der Waals surface area contributed by atoms with Crippen molar-refractivity contribution in [3.05, 3.63) is 35.1 Å². The van der Waals surface area contributed by atoms with E-state index >= 15 is 0 Å². The van der Waals surface area contributed by atoms with Crippen LogP contribution in [0.4, 0.5) is 4.39 Å². The Kier molecular flexibility index (Phi) is 4.04. The Bertz CT molecular complexity index is 476. The van der Waals surface area contributed by atoms with Gasteiger partial charge in [0.1, 0.15) is 5.82 Å². The number of carbonyl (C=O) groups excluding carboxylic acids is 1. The number of hydrogen-bond acceptors (Lipinski definition) is 2. The summed E-state index contributed by atoms with van der Waals surface area (Å²) in [5.41, 5.74) is 0.967. The first-order valence-electron chi connectivity index (χ1n) is 6.94. The molecule has 1 aliphatic rings. The van der Waals surface area contributed by atoms with Crippen molar-refractivity contribution in [2.45, 2.75) is 33.6 Å². The molecule has 19 heavy (non-hydrogen) atoms. The Morgan fingerprint density at radius 1 is 1.42 bits per heavy atom. The molecule has 0 bridgehead atoms. The normalized spacial score (nSPS) is 20.3. The van der Waals surface area contributed by atoms with Crippen LogP contribution in [0.25, 0.3) is 0 Å². The van der Waals surface area contributed by atoms with Crippen molar-refractivity contribution in [3.8, 4) is 0 Å². The number of benzene rings is 1. The summed E-state index contributed by atoms with van der Waals surface area (Å²) < 4.78 is 13.1. The van der Waals surface area contributed by atoms with Gasteiger partial charge in [-0.15, -0.1) is 0 Å². The fraction of sp³-hybridized carbons (Fsp3) is 0.562. The van der Waals surface area contributed by atoms with Gasteiger partial charge in [-0.1, -0.05) is 13.8 Å². The Labute approximate surface area is 114 Å². The van der Waals surface area contributed by atoms with E-state index in [1.807, 2.05) is 13.8 Å². The molecule has 0 radical (unpaired) electrons. The standard InChI is InChI=1S/C16H22FNO/c1-11-9-13(17)6-7-14(11)15(19)16(2,3)12-5-4-8-18-10-12/h6-7,9,12,18H,4-5,8,10H2,1-3H3. The molecule has 0 aliphatic carbocycles. The third kappa shape index (κ3) is 2.86. The van der Waals surface area contributed by atoms with Crippen LogP contribution in [0, 0.1) is 24.1 Å². The van der Waals surface area contributed by atoms with Crippen LogP contribution >= 0.6 is 0 Å². The number of nitrogens with one attached hydrogen (secondary N) is 1. The molecular weight excluding hydrogens is 241 g/mol. The van der Waals surface area contributed by atoms with E-state index in [9.17, 15) is 9.18 Å². The van der Waals surface area contributed by atoms with Gasteiger partial charge in [0.2, 0.25) is 0 Å². The van der Waals surface area contributed by atoms with Crippen molar-refractivity contribution < 1.29 is 9.18 Å². The highest BCUT2D eigenvalue weighted by molar-refractivity contribution is 6.01. The molecule has 2 rings (SSSR count).